The monoisotopic (exact) mass is 405 g/mol. The van der Waals surface area contributed by atoms with Gasteiger partial charge in [-0.2, -0.15) is 5.10 Å². The molecule has 154 valence electrons. The topological polar surface area (TPSA) is 76.7 Å². The SMILES string of the molecule is COc1ccc(N2C(=O)c3n[nH]c(CC(C)C)c3C2c2ccc3c(c2)OCO3)cc1. The van der Waals surface area contributed by atoms with Crippen molar-refractivity contribution in [1.29, 1.82) is 0 Å². The van der Waals surface area contributed by atoms with E-state index in [1.807, 2.05) is 42.5 Å². The predicted octanol–water partition coefficient (Wildman–Crippen LogP) is 4.10. The number of nitrogens with zero attached hydrogens (tertiary/aromatic N) is 2. The van der Waals surface area contributed by atoms with Crippen LogP contribution in [0, 0.1) is 5.92 Å². The number of hydrogen-bond donors (Lipinski definition) is 1. The molecule has 1 atom stereocenters. The number of ether oxygens (including phenoxy) is 3. The smallest absolute Gasteiger partial charge is 0.279 e. The number of aromatic nitrogens is 2. The van der Waals surface area contributed by atoms with Gasteiger partial charge in [-0.05, 0) is 54.3 Å². The fraction of sp³-hybridized carbons (Fsp3) is 0.304. The van der Waals surface area contributed by atoms with Crippen molar-refractivity contribution in [3.8, 4) is 17.2 Å². The van der Waals surface area contributed by atoms with E-state index in [9.17, 15) is 4.79 Å². The highest BCUT2D eigenvalue weighted by Gasteiger charge is 2.43. The lowest BCUT2D eigenvalue weighted by atomic mass is 9.95. The number of anilines is 1. The molecule has 7 nitrogen and oxygen atoms in total. The fourth-order valence-corrected chi connectivity index (χ4v) is 4.18. The molecule has 2 aliphatic rings. The molecule has 0 aliphatic carbocycles. The molecule has 1 aromatic heterocycles. The van der Waals surface area contributed by atoms with E-state index in [2.05, 4.69) is 24.0 Å². The summed E-state index contributed by atoms with van der Waals surface area (Å²) in [5.74, 6) is 2.45. The van der Waals surface area contributed by atoms with Gasteiger partial charge in [0.25, 0.3) is 5.91 Å². The van der Waals surface area contributed by atoms with Gasteiger partial charge in [-0.15, -0.1) is 0 Å². The number of H-pyrrole nitrogens is 1. The third-order valence-corrected chi connectivity index (χ3v) is 5.51. The second-order valence-electron chi connectivity index (χ2n) is 7.95. The number of benzene rings is 2. The number of aromatic amines is 1. The zero-order valence-corrected chi connectivity index (χ0v) is 17.1. The summed E-state index contributed by atoms with van der Waals surface area (Å²) >= 11 is 0. The highest BCUT2D eigenvalue weighted by molar-refractivity contribution is 6.10. The lowest BCUT2D eigenvalue weighted by Gasteiger charge is -2.27. The Labute approximate surface area is 174 Å². The van der Waals surface area contributed by atoms with Crippen molar-refractivity contribution < 1.29 is 19.0 Å². The number of nitrogens with one attached hydrogen (secondary N) is 1. The van der Waals surface area contributed by atoms with Crippen LogP contribution in [-0.2, 0) is 6.42 Å². The molecule has 0 saturated carbocycles. The van der Waals surface area contributed by atoms with Crippen molar-refractivity contribution in [3.05, 3.63) is 65.0 Å². The first kappa shape index (κ1) is 18.5. The highest BCUT2D eigenvalue weighted by Crippen LogP contribution is 2.45. The van der Waals surface area contributed by atoms with E-state index in [4.69, 9.17) is 14.2 Å². The van der Waals surface area contributed by atoms with Gasteiger partial charge in [0, 0.05) is 16.9 Å². The number of rotatable bonds is 5. The first-order valence-corrected chi connectivity index (χ1v) is 10.0. The fourth-order valence-electron chi connectivity index (χ4n) is 4.18. The average molecular weight is 405 g/mol. The molecule has 0 radical (unpaired) electrons. The average Bonchev–Trinajstić information content (AvgIpc) is 3.44. The Morgan fingerprint density at radius 3 is 2.67 bits per heavy atom. The van der Waals surface area contributed by atoms with Crippen molar-refractivity contribution in [3.63, 3.8) is 0 Å². The highest BCUT2D eigenvalue weighted by atomic mass is 16.7. The molecule has 0 fully saturated rings. The quantitative estimate of drug-likeness (QED) is 0.692. The summed E-state index contributed by atoms with van der Waals surface area (Å²) in [6.07, 6.45) is 0.813. The Hall–Kier alpha value is -3.48. The van der Waals surface area contributed by atoms with Crippen LogP contribution in [0.5, 0.6) is 17.2 Å². The zero-order valence-electron chi connectivity index (χ0n) is 17.1. The molecular weight excluding hydrogens is 382 g/mol. The predicted molar refractivity (Wildman–Crippen MR) is 111 cm³/mol. The van der Waals surface area contributed by atoms with Crippen LogP contribution in [0.25, 0.3) is 0 Å². The van der Waals surface area contributed by atoms with E-state index in [-0.39, 0.29) is 18.7 Å². The van der Waals surface area contributed by atoms with E-state index in [1.165, 1.54) is 0 Å². The van der Waals surface area contributed by atoms with Gasteiger partial charge < -0.3 is 14.2 Å². The molecule has 0 spiro atoms. The number of hydrogen-bond acceptors (Lipinski definition) is 5. The van der Waals surface area contributed by atoms with Gasteiger partial charge >= 0.3 is 0 Å². The van der Waals surface area contributed by atoms with Crippen molar-refractivity contribution >= 4 is 11.6 Å². The Balaban J connectivity index is 1.65. The van der Waals surface area contributed by atoms with Crippen LogP contribution >= 0.6 is 0 Å². The van der Waals surface area contributed by atoms with Gasteiger partial charge in [0.1, 0.15) is 5.75 Å². The van der Waals surface area contributed by atoms with Crippen molar-refractivity contribution in [1.82, 2.24) is 10.2 Å². The minimum Gasteiger partial charge on any atom is -0.497 e. The number of methoxy groups -OCH3 is 1. The van der Waals surface area contributed by atoms with Crippen LogP contribution in [0.1, 0.15) is 47.2 Å². The van der Waals surface area contributed by atoms with E-state index in [0.29, 0.717) is 23.1 Å². The van der Waals surface area contributed by atoms with Crippen LogP contribution in [0.15, 0.2) is 42.5 Å². The van der Waals surface area contributed by atoms with Crippen molar-refractivity contribution in [2.75, 3.05) is 18.8 Å². The summed E-state index contributed by atoms with van der Waals surface area (Å²) in [4.78, 5) is 15.2. The van der Waals surface area contributed by atoms with E-state index in [0.717, 1.165) is 34.7 Å². The van der Waals surface area contributed by atoms with Gasteiger partial charge in [0.15, 0.2) is 17.2 Å². The number of fused-ring (bicyclic) bond motifs is 2. The maximum absolute atomic E-state index is 13.4. The number of carbonyl (C=O) groups is 1. The van der Waals surface area contributed by atoms with E-state index < -0.39 is 0 Å². The van der Waals surface area contributed by atoms with Gasteiger partial charge in [0.05, 0.1) is 13.2 Å². The van der Waals surface area contributed by atoms with Crippen LogP contribution < -0.4 is 19.1 Å². The molecule has 0 saturated heterocycles. The molecule has 2 aromatic carbocycles. The molecule has 5 rings (SSSR count). The van der Waals surface area contributed by atoms with Crippen LogP contribution in [-0.4, -0.2) is 30.0 Å². The third kappa shape index (κ3) is 2.89. The maximum Gasteiger partial charge on any atom is 0.279 e. The van der Waals surface area contributed by atoms with Gasteiger partial charge in [0.2, 0.25) is 6.79 Å². The Morgan fingerprint density at radius 1 is 1.17 bits per heavy atom. The minimum atomic E-state index is -0.303. The Kier molecular flexibility index (Phi) is 4.38. The van der Waals surface area contributed by atoms with Gasteiger partial charge in [-0.25, -0.2) is 0 Å². The lowest BCUT2D eigenvalue weighted by Crippen LogP contribution is -2.29. The normalized spacial score (nSPS) is 17.0. The Bertz CT molecular complexity index is 1100. The van der Waals surface area contributed by atoms with E-state index >= 15 is 0 Å². The summed E-state index contributed by atoms with van der Waals surface area (Å²) in [6.45, 7) is 4.52. The van der Waals surface area contributed by atoms with Crippen molar-refractivity contribution in [2.24, 2.45) is 5.92 Å². The molecule has 2 aliphatic heterocycles. The largest absolute Gasteiger partial charge is 0.497 e. The van der Waals surface area contributed by atoms with Crippen molar-refractivity contribution in [2.45, 2.75) is 26.3 Å². The minimum absolute atomic E-state index is 0.121. The number of carbonyl (C=O) groups excluding carboxylic acids is 1. The zero-order chi connectivity index (χ0) is 20.8. The standard InChI is InChI=1S/C23H23N3O4/c1-13(2)10-17-20-21(25-24-17)23(27)26(15-5-7-16(28-3)8-6-15)22(20)14-4-9-18-19(11-14)30-12-29-18/h4-9,11,13,22H,10,12H2,1-3H3,(H,24,25). The second kappa shape index (κ2) is 7.09. The summed E-state index contributed by atoms with van der Waals surface area (Å²) < 4.78 is 16.3. The van der Waals surface area contributed by atoms with Crippen LogP contribution in [0.4, 0.5) is 5.69 Å². The summed E-state index contributed by atoms with van der Waals surface area (Å²) in [6, 6.07) is 13.1. The molecule has 30 heavy (non-hydrogen) atoms. The lowest BCUT2D eigenvalue weighted by molar-refractivity contribution is 0.0988. The van der Waals surface area contributed by atoms with E-state index in [1.54, 1.807) is 12.0 Å². The summed E-state index contributed by atoms with van der Waals surface area (Å²) in [5, 5.41) is 7.50. The molecule has 3 heterocycles. The second-order valence-corrected chi connectivity index (χ2v) is 7.95. The molecule has 3 aromatic rings. The van der Waals surface area contributed by atoms with Gasteiger partial charge in [-0.1, -0.05) is 19.9 Å². The molecule has 7 heteroatoms. The van der Waals surface area contributed by atoms with Crippen LogP contribution in [0.2, 0.25) is 0 Å². The molecular formula is C23H23N3O4. The molecule has 0 bridgehead atoms. The van der Waals surface area contributed by atoms with Gasteiger partial charge in [-0.3, -0.25) is 14.8 Å². The maximum atomic E-state index is 13.4. The first-order valence-electron chi connectivity index (χ1n) is 10.0. The summed E-state index contributed by atoms with van der Waals surface area (Å²) in [5.41, 5.74) is 4.14. The Morgan fingerprint density at radius 2 is 1.93 bits per heavy atom. The molecule has 1 amide bonds. The third-order valence-electron chi connectivity index (χ3n) is 5.51. The number of amides is 1. The molecule has 1 unspecified atom stereocenters. The molecule has 1 N–H and O–H groups in total. The van der Waals surface area contributed by atoms with Crippen LogP contribution in [0.3, 0.4) is 0 Å². The first-order chi connectivity index (χ1) is 14.6. The summed E-state index contributed by atoms with van der Waals surface area (Å²) in [7, 11) is 1.62.